The van der Waals surface area contributed by atoms with Gasteiger partial charge < -0.3 is 9.97 Å². The summed E-state index contributed by atoms with van der Waals surface area (Å²) in [6.07, 6.45) is 2.94. The standard InChI is InChI=1S/C62H56N6O4/c1-9-39-33(5)55-53(43-23-15-13-21-37(43)31-67-59(69)45-25-17-18-26-46(45)60(67)70)56-35(7)41(11-3)51(65-56)30-52-42(12-4)36(8)58(66-52)54(57-34(6)40(10-2)50(64-57)29-49(39)63-55)44-24-16-14-22-38(44)32-68-61(71)47-27-19-20-28-48(47)62(68)72/h13-30,63,65H,9-12,31-32H2,1-8H3. The highest BCUT2D eigenvalue weighted by Crippen LogP contribution is 2.46. The van der Waals surface area contributed by atoms with E-state index in [1.54, 1.807) is 48.5 Å². The molecule has 10 nitrogen and oxygen atoms in total. The minimum absolute atomic E-state index is 0.0831. The lowest BCUT2D eigenvalue weighted by Crippen LogP contribution is -2.29. The van der Waals surface area contributed by atoms with Crippen molar-refractivity contribution >= 4 is 68.0 Å². The molecule has 3 aromatic heterocycles. The molecule has 0 aliphatic carbocycles. The number of benzene rings is 4. The summed E-state index contributed by atoms with van der Waals surface area (Å²) in [6.45, 7) is 17.5. The molecule has 7 heterocycles. The van der Waals surface area contributed by atoms with Crippen LogP contribution in [0.4, 0.5) is 0 Å². The number of rotatable bonds is 10. The van der Waals surface area contributed by atoms with Crippen LogP contribution in [0.3, 0.4) is 0 Å². The molecule has 11 rings (SSSR count). The van der Waals surface area contributed by atoms with E-state index in [1.807, 2.05) is 36.4 Å². The molecule has 0 atom stereocenters. The average molecular weight is 949 g/mol. The first-order chi connectivity index (χ1) is 34.9. The number of H-pyrrole nitrogens is 2. The highest BCUT2D eigenvalue weighted by molar-refractivity contribution is 6.22. The largest absolute Gasteiger partial charge is 0.354 e. The molecule has 4 aromatic carbocycles. The summed E-state index contributed by atoms with van der Waals surface area (Å²) in [5.41, 5.74) is 22.8. The number of hydrogen-bond acceptors (Lipinski definition) is 6. The lowest BCUT2D eigenvalue weighted by molar-refractivity contribution is 0.0627. The highest BCUT2D eigenvalue weighted by Gasteiger charge is 2.38. The van der Waals surface area contributed by atoms with Crippen molar-refractivity contribution in [2.24, 2.45) is 0 Å². The molecule has 4 amide bonds. The van der Waals surface area contributed by atoms with Crippen LogP contribution >= 0.6 is 0 Å². The van der Waals surface area contributed by atoms with Gasteiger partial charge in [-0.05, 0) is 157 Å². The number of carbonyl (C=O) groups is 4. The average Bonchev–Trinajstić information content (AvgIpc) is 4.18. The Labute approximate surface area is 419 Å². The summed E-state index contributed by atoms with van der Waals surface area (Å²) in [7, 11) is 0. The maximum atomic E-state index is 13.9. The maximum Gasteiger partial charge on any atom is 0.261 e. The van der Waals surface area contributed by atoms with Crippen molar-refractivity contribution in [3.05, 3.63) is 188 Å². The number of allylic oxidation sites excluding steroid dienone is 4. The van der Waals surface area contributed by atoms with Crippen molar-refractivity contribution < 1.29 is 19.2 Å². The number of aromatic nitrogens is 4. The summed E-state index contributed by atoms with van der Waals surface area (Å²) in [4.78, 5) is 77.4. The van der Waals surface area contributed by atoms with Gasteiger partial charge in [-0.25, -0.2) is 9.97 Å². The molecule has 72 heavy (non-hydrogen) atoms. The van der Waals surface area contributed by atoms with Gasteiger partial charge in [0.1, 0.15) is 0 Å². The molecular weight excluding hydrogens is 893 g/mol. The van der Waals surface area contributed by atoms with Gasteiger partial charge >= 0.3 is 0 Å². The minimum atomic E-state index is -0.305. The van der Waals surface area contributed by atoms with Crippen LogP contribution in [0.5, 0.6) is 0 Å². The van der Waals surface area contributed by atoms with E-state index in [1.165, 1.54) is 9.80 Å². The number of amides is 4. The van der Waals surface area contributed by atoms with Crippen LogP contribution in [0.25, 0.3) is 66.6 Å². The van der Waals surface area contributed by atoms with Gasteiger partial charge in [-0.3, -0.25) is 29.0 Å². The minimum Gasteiger partial charge on any atom is -0.354 e. The molecule has 0 radical (unpaired) electrons. The number of nitrogens with zero attached hydrogens (tertiary/aromatic N) is 4. The first-order valence-electron chi connectivity index (χ1n) is 25.2. The fourth-order valence-corrected chi connectivity index (χ4v) is 11.7. The Balaban J connectivity index is 1.22. The SMILES string of the molecule is CCC1=C(C)c2nc1cc1[nH]c(c(C)c1CC)c(-c1ccccc1CN1C(=O)c3ccccc3C1=O)c1[nH]c(cc3nc(c2-c2ccccc2CN2C(=O)c4ccccc4C2=O)C(C)=C3CC)c(CC)c1C. The maximum absolute atomic E-state index is 13.9. The summed E-state index contributed by atoms with van der Waals surface area (Å²) in [6, 6.07) is 34.6. The van der Waals surface area contributed by atoms with Gasteiger partial charge in [0, 0.05) is 22.2 Å². The van der Waals surface area contributed by atoms with Gasteiger partial charge in [-0.2, -0.15) is 0 Å². The predicted molar refractivity (Wildman–Crippen MR) is 287 cm³/mol. The third-order valence-corrected chi connectivity index (χ3v) is 15.5. The molecule has 0 saturated carbocycles. The van der Waals surface area contributed by atoms with Crippen LogP contribution in [0.15, 0.2) is 109 Å². The van der Waals surface area contributed by atoms with Crippen LogP contribution in [0, 0.1) is 13.8 Å². The van der Waals surface area contributed by atoms with E-state index < -0.39 is 0 Å². The first kappa shape index (κ1) is 46.2. The molecule has 4 aliphatic rings. The van der Waals surface area contributed by atoms with Gasteiger partial charge in [0.05, 0.1) is 69.2 Å². The number of imide groups is 2. The summed E-state index contributed by atoms with van der Waals surface area (Å²) in [5.74, 6) is -1.20. The van der Waals surface area contributed by atoms with Gasteiger partial charge in [0.15, 0.2) is 0 Å². The molecule has 0 spiro atoms. The smallest absolute Gasteiger partial charge is 0.261 e. The van der Waals surface area contributed by atoms with Gasteiger partial charge in [0.25, 0.3) is 23.6 Å². The van der Waals surface area contributed by atoms with Gasteiger partial charge in [-0.1, -0.05) is 100 Å². The molecule has 10 heteroatoms. The van der Waals surface area contributed by atoms with Crippen molar-refractivity contribution in [1.82, 2.24) is 29.7 Å². The normalized spacial score (nSPS) is 14.4. The second-order valence-corrected chi connectivity index (χ2v) is 19.2. The number of nitrogens with one attached hydrogen (secondary N) is 2. The second kappa shape index (κ2) is 17.9. The van der Waals surface area contributed by atoms with Crippen molar-refractivity contribution in [3.63, 3.8) is 0 Å². The molecular formula is C62H56N6O4. The lowest BCUT2D eigenvalue weighted by Gasteiger charge is -2.19. The molecule has 0 saturated heterocycles. The van der Waals surface area contributed by atoms with E-state index in [-0.39, 0.29) is 36.7 Å². The third kappa shape index (κ3) is 7.06. The van der Waals surface area contributed by atoms with E-state index >= 15 is 0 Å². The Hall–Kier alpha value is -8.24. The number of aryl methyl sites for hydroxylation is 4. The Bertz CT molecular complexity index is 3600. The Kier molecular flexibility index (Phi) is 11.5. The molecule has 8 bridgehead atoms. The number of hydrogen-bond donors (Lipinski definition) is 2. The zero-order valence-corrected chi connectivity index (χ0v) is 42.1. The highest BCUT2D eigenvalue weighted by atomic mass is 16.2. The number of fused-ring (bicyclic) bond motifs is 10. The molecule has 0 unspecified atom stereocenters. The third-order valence-electron chi connectivity index (χ3n) is 15.5. The van der Waals surface area contributed by atoms with Crippen LogP contribution < -0.4 is 0 Å². The van der Waals surface area contributed by atoms with Crippen LogP contribution in [0.2, 0.25) is 0 Å². The number of aromatic amines is 2. The zero-order chi connectivity index (χ0) is 50.3. The van der Waals surface area contributed by atoms with Gasteiger partial charge in [-0.15, -0.1) is 0 Å². The predicted octanol–water partition coefficient (Wildman–Crippen LogP) is 13.7. The summed E-state index contributed by atoms with van der Waals surface area (Å²) in [5, 5.41) is 0. The zero-order valence-electron chi connectivity index (χ0n) is 42.1. The summed E-state index contributed by atoms with van der Waals surface area (Å²) >= 11 is 0. The molecule has 4 aliphatic heterocycles. The first-order valence-corrected chi connectivity index (χ1v) is 25.2. The fourth-order valence-electron chi connectivity index (χ4n) is 11.7. The van der Waals surface area contributed by atoms with E-state index in [2.05, 4.69) is 89.6 Å². The second-order valence-electron chi connectivity index (χ2n) is 19.2. The van der Waals surface area contributed by atoms with Crippen molar-refractivity contribution in [3.8, 4) is 22.3 Å². The molecule has 7 aromatic rings. The lowest BCUT2D eigenvalue weighted by atomic mass is 9.90. The quantitative estimate of drug-likeness (QED) is 0.131. The van der Waals surface area contributed by atoms with Gasteiger partial charge in [0.2, 0.25) is 0 Å². The van der Waals surface area contributed by atoms with Crippen molar-refractivity contribution in [2.45, 2.75) is 94.2 Å². The Morgan fingerprint density at radius 3 is 1.11 bits per heavy atom. The van der Waals surface area contributed by atoms with E-state index in [4.69, 9.17) is 9.97 Å². The van der Waals surface area contributed by atoms with Crippen molar-refractivity contribution in [2.75, 3.05) is 0 Å². The monoisotopic (exact) mass is 948 g/mol. The molecule has 358 valence electrons. The van der Waals surface area contributed by atoms with Crippen molar-refractivity contribution in [1.29, 1.82) is 0 Å². The van der Waals surface area contributed by atoms with Crippen LogP contribution in [-0.4, -0.2) is 53.4 Å². The number of carbonyl (C=O) groups excluding carboxylic acids is 4. The van der Waals surface area contributed by atoms with Crippen LogP contribution in [0.1, 0.15) is 152 Å². The summed E-state index contributed by atoms with van der Waals surface area (Å²) < 4.78 is 0. The van der Waals surface area contributed by atoms with E-state index in [0.29, 0.717) is 22.3 Å². The Morgan fingerprint density at radius 2 is 0.764 bits per heavy atom. The Morgan fingerprint density at radius 1 is 0.431 bits per heavy atom. The molecule has 2 N–H and O–H groups in total. The van der Waals surface area contributed by atoms with E-state index in [9.17, 15) is 19.2 Å². The topological polar surface area (TPSA) is 132 Å². The van der Waals surface area contributed by atoms with Crippen LogP contribution in [-0.2, 0) is 25.9 Å². The fraction of sp³-hybridized carbons (Fsp3) is 0.226. The van der Waals surface area contributed by atoms with E-state index in [0.717, 1.165) is 148 Å². The molecule has 0 fully saturated rings.